The van der Waals surface area contributed by atoms with Gasteiger partial charge >= 0.3 is 0 Å². The van der Waals surface area contributed by atoms with Gasteiger partial charge in [0.25, 0.3) is 5.91 Å². The van der Waals surface area contributed by atoms with Crippen LogP contribution in [-0.4, -0.2) is 67.9 Å². The number of aliphatic hydroxyl groups is 1. The van der Waals surface area contributed by atoms with Crippen molar-refractivity contribution in [2.24, 2.45) is 0 Å². The number of likely N-dealkylation sites (N-methyl/N-ethyl adjacent to an activating group) is 1. The summed E-state index contributed by atoms with van der Waals surface area (Å²) in [6.07, 6.45) is 9.75. The van der Waals surface area contributed by atoms with E-state index in [1.54, 1.807) is 47.6 Å². The quantitative estimate of drug-likeness (QED) is 0.863. The summed E-state index contributed by atoms with van der Waals surface area (Å²) < 4.78 is 1.71. The zero-order chi connectivity index (χ0) is 17.9. The van der Waals surface area contributed by atoms with E-state index in [9.17, 15) is 9.90 Å². The molecule has 0 aromatic carbocycles. The number of hydrogen-bond donors (Lipinski definition) is 1. The lowest BCUT2D eigenvalue weighted by atomic mass is 9.92. The average Bonchev–Trinajstić information content (AvgIpc) is 3.10. The first-order valence-corrected chi connectivity index (χ1v) is 8.52. The summed E-state index contributed by atoms with van der Waals surface area (Å²) in [6.45, 7) is 4.20. The number of rotatable bonds is 5. The van der Waals surface area contributed by atoms with Crippen molar-refractivity contribution >= 4 is 11.7 Å². The van der Waals surface area contributed by atoms with Crippen molar-refractivity contribution in [1.82, 2.24) is 24.6 Å². The second-order valence-electron chi connectivity index (χ2n) is 6.56. The van der Waals surface area contributed by atoms with Gasteiger partial charge in [-0.05, 0) is 19.8 Å². The van der Waals surface area contributed by atoms with E-state index >= 15 is 0 Å². The van der Waals surface area contributed by atoms with Crippen molar-refractivity contribution in [3.63, 3.8) is 0 Å². The minimum absolute atomic E-state index is 0.134. The van der Waals surface area contributed by atoms with E-state index in [4.69, 9.17) is 0 Å². The highest BCUT2D eigenvalue weighted by atomic mass is 16.3. The van der Waals surface area contributed by atoms with Crippen molar-refractivity contribution in [1.29, 1.82) is 0 Å². The molecule has 1 saturated heterocycles. The van der Waals surface area contributed by atoms with E-state index in [2.05, 4.69) is 15.1 Å². The largest absolute Gasteiger partial charge is 0.386 e. The van der Waals surface area contributed by atoms with E-state index < -0.39 is 5.60 Å². The van der Waals surface area contributed by atoms with Gasteiger partial charge in [-0.3, -0.25) is 14.5 Å². The second-order valence-corrected chi connectivity index (χ2v) is 6.56. The molecule has 0 aliphatic carbocycles. The molecule has 1 atom stereocenters. The molecule has 0 saturated carbocycles. The van der Waals surface area contributed by atoms with Crippen molar-refractivity contribution in [2.75, 3.05) is 31.6 Å². The first-order valence-electron chi connectivity index (χ1n) is 8.52. The van der Waals surface area contributed by atoms with Crippen LogP contribution in [-0.2, 0) is 6.54 Å². The number of carbonyl (C=O) groups is 1. The fourth-order valence-electron chi connectivity index (χ4n) is 3.27. The molecule has 2 aromatic rings. The van der Waals surface area contributed by atoms with E-state index in [1.807, 2.05) is 11.8 Å². The molecule has 3 heterocycles. The Hall–Kier alpha value is -2.48. The van der Waals surface area contributed by atoms with Crippen molar-refractivity contribution in [3.05, 3.63) is 36.5 Å². The number of aryl methyl sites for hydroxylation is 1. The van der Waals surface area contributed by atoms with Gasteiger partial charge < -0.3 is 14.9 Å². The summed E-state index contributed by atoms with van der Waals surface area (Å²) in [7, 11) is 1.71. The van der Waals surface area contributed by atoms with E-state index in [0.29, 0.717) is 25.1 Å². The first-order chi connectivity index (χ1) is 12.0. The maximum atomic E-state index is 12.6. The normalized spacial score (nSPS) is 20.5. The second kappa shape index (κ2) is 7.18. The number of aromatic nitrogens is 4. The van der Waals surface area contributed by atoms with Crippen molar-refractivity contribution < 1.29 is 9.90 Å². The highest BCUT2D eigenvalue weighted by molar-refractivity contribution is 5.93. The minimum Gasteiger partial charge on any atom is -0.386 e. The van der Waals surface area contributed by atoms with Gasteiger partial charge in [0.2, 0.25) is 0 Å². The molecule has 1 fully saturated rings. The van der Waals surface area contributed by atoms with Crippen LogP contribution in [0.2, 0.25) is 0 Å². The Bertz CT molecular complexity index is 719. The summed E-state index contributed by atoms with van der Waals surface area (Å²) in [5.41, 5.74) is -0.435. The maximum Gasteiger partial charge on any atom is 0.256 e. The van der Waals surface area contributed by atoms with Crippen LogP contribution in [0.5, 0.6) is 0 Å². The molecule has 8 nitrogen and oxygen atoms in total. The Morgan fingerprint density at radius 1 is 1.40 bits per heavy atom. The van der Waals surface area contributed by atoms with Crippen molar-refractivity contribution in [2.45, 2.75) is 31.9 Å². The van der Waals surface area contributed by atoms with Gasteiger partial charge in [-0.1, -0.05) is 0 Å². The Balaban J connectivity index is 1.66. The smallest absolute Gasteiger partial charge is 0.256 e. The molecule has 1 amide bonds. The lowest BCUT2D eigenvalue weighted by Gasteiger charge is -2.41. The molecule has 8 heteroatoms. The molecular formula is C17H24N6O2. The standard InChI is InChI=1S/C17H24N6O2/c1-3-23-11-14(9-20-23)16(24)21(2)12-17(25)5-4-8-22(13-17)15-10-18-6-7-19-15/h6-7,9-11,25H,3-5,8,12-13H2,1-2H3/t17-/m0/s1. The van der Waals surface area contributed by atoms with Crippen LogP contribution in [0.25, 0.3) is 0 Å². The van der Waals surface area contributed by atoms with Gasteiger partial charge in [0.1, 0.15) is 5.82 Å². The summed E-state index contributed by atoms with van der Waals surface area (Å²) in [4.78, 5) is 24.5. The van der Waals surface area contributed by atoms with Crippen LogP contribution in [0.4, 0.5) is 5.82 Å². The highest BCUT2D eigenvalue weighted by Gasteiger charge is 2.36. The molecule has 0 spiro atoms. The van der Waals surface area contributed by atoms with Gasteiger partial charge in [-0.25, -0.2) is 4.98 Å². The highest BCUT2D eigenvalue weighted by Crippen LogP contribution is 2.25. The minimum atomic E-state index is -0.971. The molecule has 3 rings (SSSR count). The van der Waals surface area contributed by atoms with Crippen LogP contribution in [0.1, 0.15) is 30.1 Å². The maximum absolute atomic E-state index is 12.6. The first kappa shape index (κ1) is 17.3. The Labute approximate surface area is 147 Å². The van der Waals surface area contributed by atoms with Crippen LogP contribution < -0.4 is 4.90 Å². The Kier molecular flexibility index (Phi) is 4.98. The average molecular weight is 344 g/mol. The van der Waals surface area contributed by atoms with Gasteiger partial charge in [-0.15, -0.1) is 0 Å². The van der Waals surface area contributed by atoms with E-state index in [1.165, 1.54) is 0 Å². The number of nitrogens with zero attached hydrogens (tertiary/aromatic N) is 6. The third-order valence-corrected chi connectivity index (χ3v) is 4.51. The molecule has 0 bridgehead atoms. The van der Waals surface area contributed by atoms with Crippen molar-refractivity contribution in [3.8, 4) is 0 Å². The fraction of sp³-hybridized carbons (Fsp3) is 0.529. The van der Waals surface area contributed by atoms with Gasteiger partial charge in [-0.2, -0.15) is 5.10 Å². The summed E-state index contributed by atoms with van der Waals surface area (Å²) in [6, 6.07) is 0. The molecule has 2 aromatic heterocycles. The van der Waals surface area contributed by atoms with Crippen LogP contribution in [0.3, 0.4) is 0 Å². The lowest BCUT2D eigenvalue weighted by molar-refractivity contribution is -0.000148. The number of anilines is 1. The van der Waals surface area contributed by atoms with Crippen LogP contribution in [0.15, 0.2) is 31.0 Å². The summed E-state index contributed by atoms with van der Waals surface area (Å²) in [5, 5.41) is 15.2. The van der Waals surface area contributed by atoms with E-state index in [0.717, 1.165) is 18.8 Å². The number of β-amino-alcohol motifs (C(OH)–C–C–N with tert-alkyl or cyclic N) is 1. The number of piperidine rings is 1. The van der Waals surface area contributed by atoms with Gasteiger partial charge in [0.05, 0.1) is 30.1 Å². The third kappa shape index (κ3) is 3.96. The Morgan fingerprint density at radius 3 is 2.92 bits per heavy atom. The topological polar surface area (TPSA) is 87.4 Å². The predicted molar refractivity (Wildman–Crippen MR) is 93.3 cm³/mol. The molecule has 0 radical (unpaired) electrons. The zero-order valence-electron chi connectivity index (χ0n) is 14.7. The molecule has 1 aliphatic heterocycles. The number of carbonyl (C=O) groups excluding carboxylic acids is 1. The van der Waals surface area contributed by atoms with Crippen LogP contribution in [0, 0.1) is 0 Å². The molecule has 134 valence electrons. The van der Waals surface area contributed by atoms with Crippen LogP contribution >= 0.6 is 0 Å². The summed E-state index contributed by atoms with van der Waals surface area (Å²) in [5.74, 6) is 0.614. The predicted octanol–water partition coefficient (Wildman–Crippen LogP) is 0.796. The molecular weight excluding hydrogens is 320 g/mol. The molecule has 0 unspecified atom stereocenters. The zero-order valence-corrected chi connectivity index (χ0v) is 14.7. The summed E-state index contributed by atoms with van der Waals surface area (Å²) >= 11 is 0. The Morgan fingerprint density at radius 2 is 2.24 bits per heavy atom. The van der Waals surface area contributed by atoms with E-state index in [-0.39, 0.29) is 12.5 Å². The molecule has 1 N–H and O–H groups in total. The lowest BCUT2D eigenvalue weighted by Crippen LogP contribution is -2.54. The molecule has 1 aliphatic rings. The third-order valence-electron chi connectivity index (χ3n) is 4.51. The fourth-order valence-corrected chi connectivity index (χ4v) is 3.27. The van der Waals surface area contributed by atoms with Gasteiger partial charge in [0, 0.05) is 45.3 Å². The SMILES string of the molecule is CCn1cc(C(=O)N(C)C[C@@]2(O)CCCN(c3cnccn3)C2)cn1. The molecule has 25 heavy (non-hydrogen) atoms. The number of amides is 1. The number of hydrogen-bond acceptors (Lipinski definition) is 6. The monoisotopic (exact) mass is 344 g/mol. The van der Waals surface area contributed by atoms with Gasteiger partial charge in [0.15, 0.2) is 0 Å².